The van der Waals surface area contributed by atoms with Gasteiger partial charge in [-0.05, 0) is 31.5 Å². The topological polar surface area (TPSA) is 29.9 Å². The average molecular weight is 229 g/mol. The lowest BCUT2D eigenvalue weighted by molar-refractivity contribution is 0.543. The van der Waals surface area contributed by atoms with E-state index >= 15 is 0 Å². The third-order valence-corrected chi connectivity index (χ3v) is 2.71. The molecule has 0 aliphatic carbocycles. The largest absolute Gasteiger partial charge is 0.313 e. The Labute approximate surface area is 102 Å². The van der Waals surface area contributed by atoms with Gasteiger partial charge in [-0.1, -0.05) is 29.8 Å². The summed E-state index contributed by atoms with van der Waals surface area (Å²) in [6.07, 6.45) is 4.92. The molecule has 0 spiro atoms. The van der Waals surface area contributed by atoms with Crippen LogP contribution < -0.4 is 5.32 Å². The normalized spacial score (nSPS) is 10.6. The molecule has 0 unspecified atom stereocenters. The van der Waals surface area contributed by atoms with Gasteiger partial charge in [-0.15, -0.1) is 0 Å². The van der Waals surface area contributed by atoms with Gasteiger partial charge in [-0.3, -0.25) is 4.68 Å². The number of benzene rings is 1. The van der Waals surface area contributed by atoms with E-state index in [1.54, 1.807) is 0 Å². The summed E-state index contributed by atoms with van der Waals surface area (Å²) in [5.41, 5.74) is 2.67. The Morgan fingerprint density at radius 1 is 1.29 bits per heavy atom. The number of aromatic nitrogens is 2. The fourth-order valence-corrected chi connectivity index (χ4v) is 1.85. The molecule has 0 saturated heterocycles. The van der Waals surface area contributed by atoms with Crippen LogP contribution in [0.1, 0.15) is 17.5 Å². The Kier molecular flexibility index (Phi) is 4.33. The lowest BCUT2D eigenvalue weighted by Gasteiger charge is -2.06. The summed E-state index contributed by atoms with van der Waals surface area (Å²) in [5.74, 6) is 0. The molecule has 1 aromatic carbocycles. The van der Waals surface area contributed by atoms with Crippen LogP contribution in [0.3, 0.4) is 0 Å². The van der Waals surface area contributed by atoms with Gasteiger partial charge in [0.05, 0.1) is 0 Å². The summed E-state index contributed by atoms with van der Waals surface area (Å²) in [7, 11) is 0. The molecule has 90 valence electrons. The third kappa shape index (κ3) is 4.04. The van der Waals surface area contributed by atoms with Crippen LogP contribution in [0.4, 0.5) is 0 Å². The summed E-state index contributed by atoms with van der Waals surface area (Å²) in [4.78, 5) is 0. The number of hydrogen-bond acceptors (Lipinski definition) is 2. The fourth-order valence-electron chi connectivity index (χ4n) is 1.85. The summed E-state index contributed by atoms with van der Waals surface area (Å²) < 4.78 is 1.97. The first kappa shape index (κ1) is 11.9. The molecule has 1 heterocycles. The van der Waals surface area contributed by atoms with Gasteiger partial charge in [-0.2, -0.15) is 5.10 Å². The summed E-state index contributed by atoms with van der Waals surface area (Å²) in [5, 5.41) is 7.62. The van der Waals surface area contributed by atoms with Crippen LogP contribution in [0.2, 0.25) is 0 Å². The van der Waals surface area contributed by atoms with Gasteiger partial charge in [0.1, 0.15) is 0 Å². The molecular weight excluding hydrogens is 210 g/mol. The van der Waals surface area contributed by atoms with Crippen molar-refractivity contribution in [3.05, 3.63) is 53.9 Å². The molecule has 0 aliphatic heterocycles. The van der Waals surface area contributed by atoms with Gasteiger partial charge in [0, 0.05) is 25.5 Å². The molecular formula is C14H19N3. The van der Waals surface area contributed by atoms with E-state index < -0.39 is 0 Å². The Hall–Kier alpha value is -1.61. The zero-order valence-electron chi connectivity index (χ0n) is 10.3. The zero-order valence-corrected chi connectivity index (χ0v) is 10.3. The van der Waals surface area contributed by atoms with Crippen molar-refractivity contribution in [1.82, 2.24) is 15.1 Å². The molecule has 0 bridgehead atoms. The van der Waals surface area contributed by atoms with E-state index in [4.69, 9.17) is 0 Å². The van der Waals surface area contributed by atoms with Crippen molar-refractivity contribution in [1.29, 1.82) is 0 Å². The number of hydrogen-bond donors (Lipinski definition) is 1. The summed E-state index contributed by atoms with van der Waals surface area (Å²) in [6, 6.07) is 10.6. The van der Waals surface area contributed by atoms with E-state index in [9.17, 15) is 0 Å². The Bertz CT molecular complexity index is 434. The van der Waals surface area contributed by atoms with Crippen molar-refractivity contribution >= 4 is 0 Å². The molecule has 2 aromatic rings. The Morgan fingerprint density at radius 3 is 3.00 bits per heavy atom. The monoisotopic (exact) mass is 229 g/mol. The molecule has 3 heteroatoms. The van der Waals surface area contributed by atoms with Gasteiger partial charge in [0.2, 0.25) is 0 Å². The number of nitrogens with zero attached hydrogens (tertiary/aromatic N) is 2. The highest BCUT2D eigenvalue weighted by molar-refractivity contribution is 5.21. The standard InChI is InChI=1S/C14H19N3/c1-13-5-2-6-14(11-13)12-15-7-3-9-17-10-4-8-16-17/h2,4-6,8,10-11,15H,3,7,9,12H2,1H3. The van der Waals surface area contributed by atoms with Crippen molar-refractivity contribution < 1.29 is 0 Å². The predicted molar refractivity (Wildman–Crippen MR) is 69.7 cm³/mol. The second kappa shape index (κ2) is 6.21. The van der Waals surface area contributed by atoms with Gasteiger partial charge < -0.3 is 5.32 Å². The minimum Gasteiger partial charge on any atom is -0.313 e. The minimum atomic E-state index is 0.945. The molecule has 0 saturated carbocycles. The highest BCUT2D eigenvalue weighted by Crippen LogP contribution is 2.03. The van der Waals surface area contributed by atoms with Crippen molar-refractivity contribution in [2.24, 2.45) is 0 Å². The molecule has 1 N–H and O–H groups in total. The van der Waals surface area contributed by atoms with Crippen LogP contribution in [0, 0.1) is 6.92 Å². The highest BCUT2D eigenvalue weighted by Gasteiger charge is 1.94. The molecule has 3 nitrogen and oxygen atoms in total. The summed E-state index contributed by atoms with van der Waals surface area (Å²) in [6.45, 7) is 5.07. The molecule has 0 atom stereocenters. The lowest BCUT2D eigenvalue weighted by atomic mass is 10.1. The molecule has 2 rings (SSSR count). The molecule has 0 aliphatic rings. The van der Waals surface area contributed by atoms with Crippen molar-refractivity contribution in [2.45, 2.75) is 26.4 Å². The number of aryl methyl sites for hydroxylation is 2. The zero-order chi connectivity index (χ0) is 11.9. The van der Waals surface area contributed by atoms with E-state index in [0.29, 0.717) is 0 Å². The van der Waals surface area contributed by atoms with E-state index in [2.05, 4.69) is 41.6 Å². The third-order valence-electron chi connectivity index (χ3n) is 2.71. The van der Waals surface area contributed by atoms with Crippen LogP contribution >= 0.6 is 0 Å². The first-order valence-corrected chi connectivity index (χ1v) is 6.08. The SMILES string of the molecule is Cc1cccc(CNCCCn2cccn2)c1. The van der Waals surface area contributed by atoms with Gasteiger partial charge in [0.25, 0.3) is 0 Å². The van der Waals surface area contributed by atoms with Gasteiger partial charge in [0.15, 0.2) is 0 Å². The maximum atomic E-state index is 4.17. The van der Waals surface area contributed by atoms with Crippen molar-refractivity contribution in [2.75, 3.05) is 6.54 Å². The van der Waals surface area contributed by atoms with E-state index in [1.807, 2.05) is 23.1 Å². The van der Waals surface area contributed by atoms with Crippen molar-refractivity contribution in [3.8, 4) is 0 Å². The van der Waals surface area contributed by atoms with Crippen molar-refractivity contribution in [3.63, 3.8) is 0 Å². The highest BCUT2D eigenvalue weighted by atomic mass is 15.3. The Balaban J connectivity index is 1.63. The molecule has 0 amide bonds. The predicted octanol–water partition coefficient (Wildman–Crippen LogP) is 2.37. The number of nitrogens with one attached hydrogen (secondary N) is 1. The maximum Gasteiger partial charge on any atom is 0.0489 e. The quantitative estimate of drug-likeness (QED) is 0.771. The van der Waals surface area contributed by atoms with E-state index in [1.165, 1.54) is 11.1 Å². The van der Waals surface area contributed by atoms with E-state index in [-0.39, 0.29) is 0 Å². The lowest BCUT2D eigenvalue weighted by Crippen LogP contribution is -2.16. The van der Waals surface area contributed by atoms with Crippen LogP contribution in [0.5, 0.6) is 0 Å². The van der Waals surface area contributed by atoms with Gasteiger partial charge >= 0.3 is 0 Å². The summed E-state index contributed by atoms with van der Waals surface area (Å²) >= 11 is 0. The number of rotatable bonds is 6. The first-order chi connectivity index (χ1) is 8.34. The van der Waals surface area contributed by atoms with Gasteiger partial charge in [-0.25, -0.2) is 0 Å². The molecule has 0 fully saturated rings. The minimum absolute atomic E-state index is 0.945. The fraction of sp³-hybridized carbons (Fsp3) is 0.357. The van der Waals surface area contributed by atoms with Crippen LogP contribution in [0.25, 0.3) is 0 Å². The van der Waals surface area contributed by atoms with Crippen LogP contribution in [0.15, 0.2) is 42.7 Å². The van der Waals surface area contributed by atoms with Crippen LogP contribution in [-0.2, 0) is 13.1 Å². The average Bonchev–Trinajstić information content (AvgIpc) is 2.82. The van der Waals surface area contributed by atoms with Crippen LogP contribution in [-0.4, -0.2) is 16.3 Å². The Morgan fingerprint density at radius 2 is 2.24 bits per heavy atom. The second-order valence-corrected chi connectivity index (χ2v) is 4.29. The van der Waals surface area contributed by atoms with E-state index in [0.717, 1.165) is 26.1 Å². The second-order valence-electron chi connectivity index (χ2n) is 4.29. The molecule has 0 radical (unpaired) electrons. The maximum absolute atomic E-state index is 4.17. The molecule has 17 heavy (non-hydrogen) atoms. The first-order valence-electron chi connectivity index (χ1n) is 6.08. The smallest absolute Gasteiger partial charge is 0.0489 e. The molecule has 1 aromatic heterocycles.